The molecular formula is C28H25FN4O5S. The van der Waals surface area contributed by atoms with Crippen LogP contribution in [0.25, 0.3) is 20.8 Å². The average Bonchev–Trinajstić information content (AvgIpc) is 3.33. The SMILES string of the molecule is Cc1ccc2nc(-c3ccc(NC(=O)COC(=O)[C@@H](CCC(N)=O)NC(=O)c4ccc(F)cc4)cc3)sc2c1. The van der Waals surface area contributed by atoms with Gasteiger partial charge in [-0.2, -0.15) is 0 Å². The van der Waals surface area contributed by atoms with Crippen LogP contribution in [0.15, 0.2) is 66.7 Å². The number of fused-ring (bicyclic) bond motifs is 1. The highest BCUT2D eigenvalue weighted by Crippen LogP contribution is 2.31. The van der Waals surface area contributed by atoms with E-state index in [1.54, 1.807) is 23.5 Å². The summed E-state index contributed by atoms with van der Waals surface area (Å²) in [5, 5.41) is 5.93. The van der Waals surface area contributed by atoms with Crippen LogP contribution in [0.3, 0.4) is 0 Å². The van der Waals surface area contributed by atoms with Crippen LogP contribution in [-0.2, 0) is 19.1 Å². The molecule has 3 amide bonds. The van der Waals surface area contributed by atoms with Crippen LogP contribution in [0.4, 0.5) is 10.1 Å². The Labute approximate surface area is 227 Å². The van der Waals surface area contributed by atoms with Gasteiger partial charge in [-0.1, -0.05) is 6.07 Å². The number of carbonyl (C=O) groups excluding carboxylic acids is 4. The molecular weight excluding hydrogens is 523 g/mol. The van der Waals surface area contributed by atoms with Gasteiger partial charge in [-0.25, -0.2) is 14.2 Å². The Morgan fingerprint density at radius 1 is 1.03 bits per heavy atom. The third-order valence-corrected chi connectivity index (χ3v) is 6.75. The van der Waals surface area contributed by atoms with Crippen molar-refractivity contribution in [2.45, 2.75) is 25.8 Å². The Bertz CT molecular complexity index is 1520. The molecule has 1 aromatic heterocycles. The molecule has 0 aliphatic carbocycles. The van der Waals surface area contributed by atoms with Crippen LogP contribution in [0.2, 0.25) is 0 Å². The van der Waals surface area contributed by atoms with E-state index in [1.165, 1.54) is 12.1 Å². The Kier molecular flexibility index (Phi) is 8.62. The van der Waals surface area contributed by atoms with E-state index in [1.807, 2.05) is 31.2 Å². The van der Waals surface area contributed by atoms with Crippen LogP contribution in [-0.4, -0.2) is 41.3 Å². The number of benzene rings is 3. The highest BCUT2D eigenvalue weighted by molar-refractivity contribution is 7.21. The fraction of sp³-hybridized carbons (Fsp3) is 0.179. The smallest absolute Gasteiger partial charge is 0.329 e. The van der Waals surface area contributed by atoms with E-state index in [0.29, 0.717) is 5.69 Å². The molecule has 4 aromatic rings. The summed E-state index contributed by atoms with van der Waals surface area (Å²) in [7, 11) is 0. The van der Waals surface area contributed by atoms with Crippen LogP contribution in [0.5, 0.6) is 0 Å². The molecule has 0 aliphatic rings. The van der Waals surface area contributed by atoms with Crippen molar-refractivity contribution in [3.8, 4) is 10.6 Å². The van der Waals surface area contributed by atoms with E-state index in [9.17, 15) is 23.6 Å². The lowest BCUT2D eigenvalue weighted by molar-refractivity contribution is -0.149. The highest BCUT2D eigenvalue weighted by Gasteiger charge is 2.24. The molecule has 0 unspecified atom stereocenters. The van der Waals surface area contributed by atoms with Crippen LogP contribution < -0.4 is 16.4 Å². The van der Waals surface area contributed by atoms with Crippen LogP contribution in [0, 0.1) is 12.7 Å². The van der Waals surface area contributed by atoms with Crippen molar-refractivity contribution in [3.63, 3.8) is 0 Å². The molecule has 0 saturated carbocycles. The number of ether oxygens (including phenoxy) is 1. The van der Waals surface area contributed by atoms with Crippen molar-refractivity contribution in [1.29, 1.82) is 0 Å². The first-order valence-electron chi connectivity index (χ1n) is 12.0. The second kappa shape index (κ2) is 12.3. The van der Waals surface area contributed by atoms with Crippen LogP contribution in [0.1, 0.15) is 28.8 Å². The number of carbonyl (C=O) groups is 4. The number of nitrogens with one attached hydrogen (secondary N) is 2. The first-order valence-corrected chi connectivity index (χ1v) is 12.8. The third kappa shape index (κ3) is 7.45. The molecule has 11 heteroatoms. The van der Waals surface area contributed by atoms with Gasteiger partial charge in [-0.3, -0.25) is 14.4 Å². The number of esters is 1. The maximum absolute atomic E-state index is 13.1. The van der Waals surface area contributed by atoms with Gasteiger partial charge in [0.05, 0.1) is 10.2 Å². The summed E-state index contributed by atoms with van der Waals surface area (Å²) in [5.74, 6) is -3.38. The minimum absolute atomic E-state index is 0.107. The van der Waals surface area contributed by atoms with Gasteiger partial charge in [0, 0.05) is 23.2 Å². The number of hydrogen-bond acceptors (Lipinski definition) is 7. The summed E-state index contributed by atoms with van der Waals surface area (Å²) >= 11 is 1.58. The monoisotopic (exact) mass is 548 g/mol. The molecule has 9 nitrogen and oxygen atoms in total. The summed E-state index contributed by atoms with van der Waals surface area (Å²) < 4.78 is 19.3. The summed E-state index contributed by atoms with van der Waals surface area (Å²) in [6.45, 7) is 1.41. The zero-order valence-corrected chi connectivity index (χ0v) is 21.7. The molecule has 4 rings (SSSR count). The van der Waals surface area contributed by atoms with Gasteiger partial charge in [-0.15, -0.1) is 11.3 Å². The molecule has 0 spiro atoms. The molecule has 1 heterocycles. The number of aromatic nitrogens is 1. The van der Waals surface area contributed by atoms with E-state index in [0.717, 1.165) is 38.5 Å². The molecule has 3 aromatic carbocycles. The molecule has 0 bridgehead atoms. The van der Waals surface area contributed by atoms with Gasteiger partial charge >= 0.3 is 5.97 Å². The lowest BCUT2D eigenvalue weighted by Gasteiger charge is -2.17. The molecule has 0 fully saturated rings. The second-order valence-electron chi connectivity index (χ2n) is 8.76. The molecule has 0 aliphatic heterocycles. The van der Waals surface area contributed by atoms with E-state index in [4.69, 9.17) is 10.5 Å². The molecule has 0 saturated heterocycles. The van der Waals surface area contributed by atoms with Crippen molar-refractivity contribution < 1.29 is 28.3 Å². The molecule has 39 heavy (non-hydrogen) atoms. The van der Waals surface area contributed by atoms with Gasteiger partial charge in [0.25, 0.3) is 11.8 Å². The van der Waals surface area contributed by atoms with Gasteiger partial charge in [0.2, 0.25) is 5.91 Å². The van der Waals surface area contributed by atoms with Crippen molar-refractivity contribution in [2.24, 2.45) is 5.73 Å². The maximum atomic E-state index is 13.1. The van der Waals surface area contributed by atoms with Gasteiger partial charge < -0.3 is 21.1 Å². The zero-order chi connectivity index (χ0) is 27.9. The van der Waals surface area contributed by atoms with E-state index >= 15 is 0 Å². The number of thiazole rings is 1. The van der Waals surface area contributed by atoms with Gasteiger partial charge in [0.15, 0.2) is 6.61 Å². The predicted octanol–water partition coefficient (Wildman–Crippen LogP) is 3.96. The summed E-state index contributed by atoms with van der Waals surface area (Å²) in [6.07, 6.45) is -0.328. The molecule has 0 radical (unpaired) electrons. The number of nitrogens with zero attached hydrogens (tertiary/aromatic N) is 1. The molecule has 1 atom stereocenters. The first-order chi connectivity index (χ1) is 18.7. The zero-order valence-electron chi connectivity index (χ0n) is 20.9. The number of nitrogens with two attached hydrogens (primary N) is 1. The lowest BCUT2D eigenvalue weighted by atomic mass is 10.1. The normalized spacial score (nSPS) is 11.5. The first kappa shape index (κ1) is 27.4. The fourth-order valence-electron chi connectivity index (χ4n) is 3.66. The standard InChI is InChI=1S/C28H25FN4O5S/c1-16-2-11-21-23(14-16)39-27(33-21)18-5-9-20(10-6-18)31-25(35)15-38-28(37)22(12-13-24(30)34)32-26(36)17-3-7-19(29)8-4-17/h2-11,14,22H,12-13,15H2,1H3,(H2,30,34)(H,31,35)(H,32,36)/t22-/m1/s1. The average molecular weight is 549 g/mol. The summed E-state index contributed by atoms with van der Waals surface area (Å²) in [4.78, 5) is 53.3. The quantitative estimate of drug-likeness (QED) is 0.256. The number of aryl methyl sites for hydroxylation is 1. The Hall–Kier alpha value is -4.64. The largest absolute Gasteiger partial charge is 0.454 e. The number of rotatable bonds is 10. The number of primary amides is 1. The van der Waals surface area contributed by atoms with Gasteiger partial charge in [-0.05, 0) is 79.6 Å². The van der Waals surface area contributed by atoms with E-state index < -0.39 is 42.2 Å². The lowest BCUT2D eigenvalue weighted by Crippen LogP contribution is -2.43. The summed E-state index contributed by atoms with van der Waals surface area (Å²) in [6, 6.07) is 16.6. The number of anilines is 1. The third-order valence-electron chi connectivity index (χ3n) is 5.68. The van der Waals surface area contributed by atoms with Crippen LogP contribution >= 0.6 is 11.3 Å². The van der Waals surface area contributed by atoms with Crippen molar-refractivity contribution in [1.82, 2.24) is 10.3 Å². The van der Waals surface area contributed by atoms with E-state index in [2.05, 4.69) is 21.7 Å². The summed E-state index contributed by atoms with van der Waals surface area (Å²) in [5.41, 5.74) is 8.74. The van der Waals surface area contributed by atoms with Gasteiger partial charge in [0.1, 0.15) is 16.9 Å². The van der Waals surface area contributed by atoms with Crippen molar-refractivity contribution in [3.05, 3.63) is 83.7 Å². The van der Waals surface area contributed by atoms with Crippen molar-refractivity contribution in [2.75, 3.05) is 11.9 Å². The Morgan fingerprint density at radius 2 is 1.74 bits per heavy atom. The highest BCUT2D eigenvalue weighted by atomic mass is 32.1. The maximum Gasteiger partial charge on any atom is 0.329 e. The topological polar surface area (TPSA) is 140 Å². The minimum atomic E-state index is -1.24. The predicted molar refractivity (Wildman–Crippen MR) is 145 cm³/mol. The Balaban J connectivity index is 1.33. The number of amides is 3. The van der Waals surface area contributed by atoms with Crippen molar-refractivity contribution >= 4 is 50.9 Å². The second-order valence-corrected chi connectivity index (χ2v) is 9.79. The molecule has 4 N–H and O–H groups in total. The number of halogens is 1. The Morgan fingerprint density at radius 3 is 2.44 bits per heavy atom. The minimum Gasteiger partial charge on any atom is -0.454 e. The number of hydrogen-bond donors (Lipinski definition) is 3. The van der Waals surface area contributed by atoms with E-state index in [-0.39, 0.29) is 18.4 Å². The fourth-order valence-corrected chi connectivity index (χ4v) is 4.73. The molecule has 200 valence electrons.